The fraction of sp³-hybridized carbons (Fsp3) is 0.471. The quantitative estimate of drug-likeness (QED) is 0.886. The molecule has 1 aromatic heterocycles. The second-order valence-electron chi connectivity index (χ2n) is 6.02. The molecule has 1 fully saturated rings. The van der Waals surface area contributed by atoms with Crippen LogP contribution in [0.3, 0.4) is 0 Å². The van der Waals surface area contributed by atoms with Crippen molar-refractivity contribution in [1.29, 1.82) is 0 Å². The molecule has 0 radical (unpaired) electrons. The molecule has 1 aromatic carbocycles. The van der Waals surface area contributed by atoms with Gasteiger partial charge in [-0.2, -0.15) is 5.10 Å². The molecule has 0 atom stereocenters. The Labute approximate surface area is 126 Å². The van der Waals surface area contributed by atoms with Gasteiger partial charge in [-0.3, -0.25) is 4.68 Å². The molecule has 0 spiro atoms. The SMILES string of the molecule is CC(C)Oc1ccc(-c2nn(C)cc2CNC2CC2)cc1. The van der Waals surface area contributed by atoms with Gasteiger partial charge in [0.2, 0.25) is 0 Å². The first-order valence-electron chi connectivity index (χ1n) is 7.65. The van der Waals surface area contributed by atoms with Crippen molar-refractivity contribution in [2.24, 2.45) is 7.05 Å². The number of ether oxygens (including phenoxy) is 1. The van der Waals surface area contributed by atoms with Gasteiger partial charge in [-0.15, -0.1) is 0 Å². The third-order valence-electron chi connectivity index (χ3n) is 3.56. The monoisotopic (exact) mass is 285 g/mol. The summed E-state index contributed by atoms with van der Waals surface area (Å²) in [6.07, 6.45) is 4.90. The van der Waals surface area contributed by atoms with Crippen LogP contribution in [0.15, 0.2) is 30.5 Å². The van der Waals surface area contributed by atoms with Crippen LogP contribution in [0.2, 0.25) is 0 Å². The van der Waals surface area contributed by atoms with E-state index in [4.69, 9.17) is 4.74 Å². The van der Waals surface area contributed by atoms with E-state index in [1.54, 1.807) is 0 Å². The maximum absolute atomic E-state index is 5.69. The Morgan fingerprint density at radius 3 is 2.62 bits per heavy atom. The van der Waals surface area contributed by atoms with Gasteiger partial charge in [0.15, 0.2) is 0 Å². The highest BCUT2D eigenvalue weighted by molar-refractivity contribution is 5.63. The van der Waals surface area contributed by atoms with Crippen molar-refractivity contribution < 1.29 is 4.74 Å². The summed E-state index contributed by atoms with van der Waals surface area (Å²) >= 11 is 0. The van der Waals surface area contributed by atoms with Crippen molar-refractivity contribution in [1.82, 2.24) is 15.1 Å². The van der Waals surface area contributed by atoms with Crippen molar-refractivity contribution in [2.45, 2.75) is 45.4 Å². The maximum atomic E-state index is 5.69. The molecule has 4 heteroatoms. The molecule has 4 nitrogen and oxygen atoms in total. The molecule has 112 valence electrons. The zero-order valence-electron chi connectivity index (χ0n) is 13.0. The Kier molecular flexibility index (Phi) is 3.97. The van der Waals surface area contributed by atoms with Crippen LogP contribution in [0.1, 0.15) is 32.3 Å². The van der Waals surface area contributed by atoms with E-state index in [9.17, 15) is 0 Å². The second-order valence-corrected chi connectivity index (χ2v) is 6.02. The predicted octanol–water partition coefficient (Wildman–Crippen LogP) is 3.13. The van der Waals surface area contributed by atoms with Gasteiger partial charge in [-0.25, -0.2) is 0 Å². The zero-order chi connectivity index (χ0) is 14.8. The van der Waals surface area contributed by atoms with Gasteiger partial charge in [-0.1, -0.05) is 0 Å². The van der Waals surface area contributed by atoms with Gasteiger partial charge < -0.3 is 10.1 Å². The largest absolute Gasteiger partial charge is 0.491 e. The number of aryl methyl sites for hydroxylation is 1. The zero-order valence-corrected chi connectivity index (χ0v) is 13.0. The molecule has 1 heterocycles. The molecule has 1 aliphatic carbocycles. The first kappa shape index (κ1) is 14.1. The van der Waals surface area contributed by atoms with Crippen LogP contribution in [0, 0.1) is 0 Å². The van der Waals surface area contributed by atoms with Crippen LogP contribution in [0.25, 0.3) is 11.3 Å². The normalized spacial score (nSPS) is 14.7. The summed E-state index contributed by atoms with van der Waals surface area (Å²) in [6, 6.07) is 8.91. The van der Waals surface area contributed by atoms with E-state index in [0.29, 0.717) is 6.04 Å². The third-order valence-corrected chi connectivity index (χ3v) is 3.56. The number of rotatable bonds is 6. The van der Waals surface area contributed by atoms with Crippen molar-refractivity contribution in [3.05, 3.63) is 36.0 Å². The molecular weight excluding hydrogens is 262 g/mol. The lowest BCUT2D eigenvalue weighted by molar-refractivity contribution is 0.242. The fourth-order valence-electron chi connectivity index (χ4n) is 2.42. The molecule has 2 aromatic rings. The van der Waals surface area contributed by atoms with Crippen LogP contribution >= 0.6 is 0 Å². The van der Waals surface area contributed by atoms with Crippen LogP contribution in [-0.4, -0.2) is 21.9 Å². The topological polar surface area (TPSA) is 39.1 Å². The molecule has 21 heavy (non-hydrogen) atoms. The van der Waals surface area contributed by atoms with Crippen LogP contribution in [0.5, 0.6) is 5.75 Å². The van der Waals surface area contributed by atoms with E-state index in [1.807, 2.05) is 37.7 Å². The summed E-state index contributed by atoms with van der Waals surface area (Å²) in [4.78, 5) is 0. The lowest BCUT2D eigenvalue weighted by Crippen LogP contribution is -2.15. The summed E-state index contributed by atoms with van der Waals surface area (Å²) in [5, 5.41) is 8.16. The second kappa shape index (κ2) is 5.90. The third kappa shape index (κ3) is 3.64. The van der Waals surface area contributed by atoms with Gasteiger partial charge >= 0.3 is 0 Å². The fourth-order valence-corrected chi connectivity index (χ4v) is 2.42. The summed E-state index contributed by atoms with van der Waals surface area (Å²) < 4.78 is 7.58. The van der Waals surface area contributed by atoms with Gasteiger partial charge in [0, 0.05) is 37.0 Å². The Balaban J connectivity index is 1.78. The van der Waals surface area contributed by atoms with Crippen molar-refractivity contribution >= 4 is 0 Å². The number of hydrogen-bond donors (Lipinski definition) is 1. The highest BCUT2D eigenvalue weighted by Crippen LogP contribution is 2.26. The molecule has 1 aliphatic rings. The first-order chi connectivity index (χ1) is 10.1. The Hall–Kier alpha value is -1.81. The van der Waals surface area contributed by atoms with Crippen LogP contribution < -0.4 is 10.1 Å². The Bertz CT molecular complexity index is 597. The summed E-state index contributed by atoms with van der Waals surface area (Å²) in [5.41, 5.74) is 3.45. The Morgan fingerprint density at radius 1 is 1.29 bits per heavy atom. The van der Waals surface area contributed by atoms with E-state index in [2.05, 4.69) is 28.7 Å². The smallest absolute Gasteiger partial charge is 0.119 e. The minimum Gasteiger partial charge on any atom is -0.491 e. The highest BCUT2D eigenvalue weighted by Gasteiger charge is 2.21. The molecule has 0 bridgehead atoms. The predicted molar refractivity (Wildman–Crippen MR) is 84.3 cm³/mol. The van der Waals surface area contributed by atoms with Gasteiger partial charge in [0.25, 0.3) is 0 Å². The lowest BCUT2D eigenvalue weighted by atomic mass is 10.1. The molecular formula is C17H23N3O. The molecule has 0 amide bonds. The van der Waals surface area contributed by atoms with Crippen LogP contribution in [-0.2, 0) is 13.6 Å². The number of hydrogen-bond acceptors (Lipinski definition) is 3. The number of aromatic nitrogens is 2. The maximum Gasteiger partial charge on any atom is 0.119 e. The van der Waals surface area contributed by atoms with Crippen molar-refractivity contribution in [2.75, 3.05) is 0 Å². The standard InChI is InChI=1S/C17H23N3O/c1-12(2)21-16-8-4-13(5-9-16)17-14(11-20(3)19-17)10-18-15-6-7-15/h4-5,8-9,11-12,15,18H,6-7,10H2,1-3H3. The van der Waals surface area contributed by atoms with E-state index < -0.39 is 0 Å². The van der Waals surface area contributed by atoms with Gasteiger partial charge in [0.05, 0.1) is 11.8 Å². The van der Waals surface area contributed by atoms with Gasteiger partial charge in [-0.05, 0) is 51.0 Å². The van der Waals surface area contributed by atoms with E-state index in [0.717, 1.165) is 23.6 Å². The summed E-state index contributed by atoms with van der Waals surface area (Å²) in [6.45, 7) is 4.96. The van der Waals surface area contributed by atoms with E-state index in [1.165, 1.54) is 18.4 Å². The summed E-state index contributed by atoms with van der Waals surface area (Å²) in [5.74, 6) is 0.905. The van der Waals surface area contributed by atoms with Crippen molar-refractivity contribution in [3.8, 4) is 17.0 Å². The molecule has 0 saturated heterocycles. The van der Waals surface area contributed by atoms with Crippen LogP contribution in [0.4, 0.5) is 0 Å². The van der Waals surface area contributed by atoms with E-state index >= 15 is 0 Å². The molecule has 0 unspecified atom stereocenters. The van der Waals surface area contributed by atoms with E-state index in [-0.39, 0.29) is 6.10 Å². The average molecular weight is 285 g/mol. The highest BCUT2D eigenvalue weighted by atomic mass is 16.5. The Morgan fingerprint density at radius 2 is 2.00 bits per heavy atom. The number of nitrogens with zero attached hydrogens (tertiary/aromatic N) is 2. The molecule has 1 N–H and O–H groups in total. The average Bonchev–Trinajstić information content (AvgIpc) is 3.19. The van der Waals surface area contributed by atoms with Crippen molar-refractivity contribution in [3.63, 3.8) is 0 Å². The number of benzene rings is 1. The lowest BCUT2D eigenvalue weighted by Gasteiger charge is -2.10. The number of nitrogens with one attached hydrogen (secondary N) is 1. The summed E-state index contributed by atoms with van der Waals surface area (Å²) in [7, 11) is 1.97. The minimum atomic E-state index is 0.198. The minimum absolute atomic E-state index is 0.198. The van der Waals surface area contributed by atoms with Gasteiger partial charge in [0.1, 0.15) is 5.75 Å². The first-order valence-corrected chi connectivity index (χ1v) is 7.65. The molecule has 3 rings (SSSR count). The molecule has 1 saturated carbocycles. The molecule has 0 aliphatic heterocycles.